The van der Waals surface area contributed by atoms with E-state index in [2.05, 4.69) is 5.32 Å². The third-order valence-corrected chi connectivity index (χ3v) is 4.54. The minimum absolute atomic E-state index is 0.0371. The SMILES string of the molecule is NC(=O)c1ccc(C(=O)Nc2ccc(-c3ccccc3C(F)(F)F)c(C(F)(F)F)c2)cc1. The standard InChI is InChI=1S/C22H14F6N2O2/c23-21(24,25)17-4-2-1-3-15(17)16-10-9-14(11-18(16)22(26,27)28)30-20(32)13-7-5-12(6-8-13)19(29)31/h1-11H,(H2,29,31)(H,30,32). The first-order chi connectivity index (χ1) is 14.9. The minimum atomic E-state index is -4.99. The van der Waals surface area contributed by atoms with Crippen LogP contribution in [0.2, 0.25) is 0 Å². The van der Waals surface area contributed by atoms with Crippen LogP contribution < -0.4 is 11.1 Å². The lowest BCUT2D eigenvalue weighted by Gasteiger charge is -2.18. The molecule has 166 valence electrons. The monoisotopic (exact) mass is 452 g/mol. The molecule has 0 aliphatic rings. The molecule has 0 saturated heterocycles. The molecule has 10 heteroatoms. The number of benzene rings is 3. The van der Waals surface area contributed by atoms with Gasteiger partial charge in [-0.2, -0.15) is 26.3 Å². The van der Waals surface area contributed by atoms with Crippen molar-refractivity contribution in [3.8, 4) is 11.1 Å². The first kappa shape index (κ1) is 22.9. The van der Waals surface area contributed by atoms with Crippen LogP contribution >= 0.6 is 0 Å². The van der Waals surface area contributed by atoms with Crippen LogP contribution in [0, 0.1) is 0 Å². The number of carbonyl (C=O) groups excluding carboxylic acids is 2. The van der Waals surface area contributed by atoms with Gasteiger partial charge in [-0.25, -0.2) is 0 Å². The van der Waals surface area contributed by atoms with Crippen molar-refractivity contribution in [1.29, 1.82) is 0 Å². The lowest BCUT2D eigenvalue weighted by Crippen LogP contribution is -2.15. The van der Waals surface area contributed by atoms with E-state index >= 15 is 0 Å². The molecule has 3 aromatic rings. The number of halogens is 6. The van der Waals surface area contributed by atoms with Crippen LogP contribution in [0.15, 0.2) is 66.7 Å². The van der Waals surface area contributed by atoms with Crippen molar-refractivity contribution in [1.82, 2.24) is 0 Å². The van der Waals surface area contributed by atoms with Crippen LogP contribution in [0.5, 0.6) is 0 Å². The highest BCUT2D eigenvalue weighted by Gasteiger charge is 2.38. The molecule has 3 aromatic carbocycles. The van der Waals surface area contributed by atoms with Gasteiger partial charge in [0.1, 0.15) is 0 Å². The highest BCUT2D eigenvalue weighted by atomic mass is 19.4. The van der Waals surface area contributed by atoms with Crippen LogP contribution in [-0.2, 0) is 12.4 Å². The Hall–Kier alpha value is -3.82. The predicted molar refractivity (Wildman–Crippen MR) is 105 cm³/mol. The van der Waals surface area contributed by atoms with Gasteiger partial charge in [0, 0.05) is 16.8 Å². The van der Waals surface area contributed by atoms with Crippen molar-refractivity contribution >= 4 is 17.5 Å². The fraction of sp³-hybridized carbons (Fsp3) is 0.0909. The molecule has 0 heterocycles. The molecule has 2 amide bonds. The highest BCUT2D eigenvalue weighted by Crippen LogP contribution is 2.43. The van der Waals surface area contributed by atoms with Gasteiger partial charge in [0.2, 0.25) is 5.91 Å². The second-order valence-electron chi connectivity index (χ2n) is 6.70. The molecule has 3 rings (SSSR count). The third-order valence-electron chi connectivity index (χ3n) is 4.54. The number of anilines is 1. The molecule has 0 aliphatic carbocycles. The normalized spacial score (nSPS) is 11.8. The molecule has 0 aliphatic heterocycles. The summed E-state index contributed by atoms with van der Waals surface area (Å²) in [4.78, 5) is 23.4. The maximum atomic E-state index is 13.7. The van der Waals surface area contributed by atoms with E-state index in [1.165, 1.54) is 30.3 Å². The smallest absolute Gasteiger partial charge is 0.366 e. The zero-order valence-corrected chi connectivity index (χ0v) is 16.0. The first-order valence-corrected chi connectivity index (χ1v) is 8.97. The van der Waals surface area contributed by atoms with E-state index in [0.29, 0.717) is 12.1 Å². The van der Waals surface area contributed by atoms with Gasteiger partial charge in [-0.15, -0.1) is 0 Å². The largest absolute Gasteiger partial charge is 0.417 e. The van der Waals surface area contributed by atoms with Crippen molar-refractivity contribution in [3.63, 3.8) is 0 Å². The second-order valence-corrected chi connectivity index (χ2v) is 6.70. The topological polar surface area (TPSA) is 72.2 Å². The summed E-state index contributed by atoms with van der Waals surface area (Å²) < 4.78 is 81.0. The van der Waals surface area contributed by atoms with Gasteiger partial charge >= 0.3 is 12.4 Å². The lowest BCUT2D eigenvalue weighted by molar-refractivity contribution is -0.139. The Morgan fingerprint density at radius 2 is 1.22 bits per heavy atom. The number of nitrogens with two attached hydrogens (primary N) is 1. The molecule has 0 fully saturated rings. The average molecular weight is 452 g/mol. The molecular weight excluding hydrogens is 438 g/mol. The summed E-state index contributed by atoms with van der Waals surface area (Å²) in [6.07, 6.45) is -9.85. The van der Waals surface area contributed by atoms with E-state index in [1.54, 1.807) is 0 Å². The van der Waals surface area contributed by atoms with Crippen LogP contribution in [-0.4, -0.2) is 11.8 Å². The van der Waals surface area contributed by atoms with Gasteiger partial charge in [-0.3, -0.25) is 9.59 Å². The Kier molecular flexibility index (Phi) is 5.98. The Bertz CT molecular complexity index is 1170. The highest BCUT2D eigenvalue weighted by molar-refractivity contribution is 6.05. The molecule has 0 saturated carbocycles. The maximum absolute atomic E-state index is 13.7. The zero-order valence-electron chi connectivity index (χ0n) is 16.0. The van der Waals surface area contributed by atoms with Crippen LogP contribution in [0.3, 0.4) is 0 Å². The number of amides is 2. The molecule has 0 aromatic heterocycles. The maximum Gasteiger partial charge on any atom is 0.417 e. The molecule has 0 spiro atoms. The number of carbonyl (C=O) groups is 2. The van der Waals surface area contributed by atoms with E-state index in [9.17, 15) is 35.9 Å². The quantitative estimate of drug-likeness (QED) is 0.496. The van der Waals surface area contributed by atoms with Crippen molar-refractivity contribution in [3.05, 3.63) is 89.0 Å². The first-order valence-electron chi connectivity index (χ1n) is 8.97. The lowest BCUT2D eigenvalue weighted by atomic mass is 9.94. The Balaban J connectivity index is 2.00. The molecule has 4 nitrogen and oxygen atoms in total. The van der Waals surface area contributed by atoms with E-state index < -0.39 is 46.4 Å². The van der Waals surface area contributed by atoms with Crippen molar-refractivity contribution < 1.29 is 35.9 Å². The number of rotatable bonds is 4. The summed E-state index contributed by atoms with van der Waals surface area (Å²) in [6.45, 7) is 0. The van der Waals surface area contributed by atoms with E-state index in [-0.39, 0.29) is 16.8 Å². The summed E-state index contributed by atoms with van der Waals surface area (Å²) in [5, 5.41) is 2.27. The Labute approximate surface area is 177 Å². The second kappa shape index (κ2) is 8.37. The summed E-state index contributed by atoms with van der Waals surface area (Å²) in [5.41, 5.74) is 1.15. The molecule has 0 radical (unpaired) electrons. The molecule has 3 N–H and O–H groups in total. The van der Waals surface area contributed by atoms with Crippen LogP contribution in [0.1, 0.15) is 31.8 Å². The summed E-state index contributed by atoms with van der Waals surface area (Å²) >= 11 is 0. The fourth-order valence-corrected chi connectivity index (χ4v) is 3.05. The van der Waals surface area contributed by atoms with Gasteiger partial charge in [0.25, 0.3) is 5.91 Å². The van der Waals surface area contributed by atoms with Crippen molar-refractivity contribution in [2.75, 3.05) is 5.32 Å². The van der Waals surface area contributed by atoms with Crippen molar-refractivity contribution in [2.45, 2.75) is 12.4 Å². The Morgan fingerprint density at radius 1 is 0.688 bits per heavy atom. The van der Waals surface area contributed by atoms with E-state index in [4.69, 9.17) is 5.73 Å². The number of nitrogens with one attached hydrogen (secondary N) is 1. The third kappa shape index (κ3) is 4.90. The Morgan fingerprint density at radius 3 is 1.78 bits per heavy atom. The number of alkyl halides is 6. The van der Waals surface area contributed by atoms with Gasteiger partial charge in [-0.1, -0.05) is 24.3 Å². The van der Waals surface area contributed by atoms with Crippen LogP contribution in [0.4, 0.5) is 32.0 Å². The van der Waals surface area contributed by atoms with Gasteiger partial charge in [0.15, 0.2) is 0 Å². The number of primary amides is 1. The van der Waals surface area contributed by atoms with E-state index in [0.717, 1.165) is 24.3 Å². The van der Waals surface area contributed by atoms with Gasteiger partial charge < -0.3 is 11.1 Å². The minimum Gasteiger partial charge on any atom is -0.366 e. The zero-order chi connectivity index (χ0) is 23.7. The van der Waals surface area contributed by atoms with Gasteiger partial charge in [-0.05, 0) is 53.6 Å². The summed E-state index contributed by atoms with van der Waals surface area (Å²) in [6, 6.07) is 11.5. The number of hydrogen-bond donors (Lipinski definition) is 2. The van der Waals surface area contributed by atoms with E-state index in [1.807, 2.05) is 0 Å². The van der Waals surface area contributed by atoms with Crippen molar-refractivity contribution in [2.24, 2.45) is 5.73 Å². The predicted octanol–water partition coefficient (Wildman–Crippen LogP) is 5.74. The molecule has 0 bridgehead atoms. The molecular formula is C22H14F6N2O2. The average Bonchev–Trinajstić information content (AvgIpc) is 2.72. The number of hydrogen-bond acceptors (Lipinski definition) is 2. The molecule has 0 atom stereocenters. The van der Waals surface area contributed by atoms with Gasteiger partial charge in [0.05, 0.1) is 11.1 Å². The summed E-state index contributed by atoms with van der Waals surface area (Å²) in [7, 11) is 0. The molecule has 32 heavy (non-hydrogen) atoms. The van der Waals surface area contributed by atoms with Crippen LogP contribution in [0.25, 0.3) is 11.1 Å². The fourth-order valence-electron chi connectivity index (χ4n) is 3.05. The summed E-state index contributed by atoms with van der Waals surface area (Å²) in [5.74, 6) is -1.50. The molecule has 0 unspecified atom stereocenters.